The minimum Gasteiger partial charge on any atom is -0.392 e. The summed E-state index contributed by atoms with van der Waals surface area (Å²) < 4.78 is 0. The minimum absolute atomic E-state index is 0.152. The second-order valence-electron chi connectivity index (χ2n) is 9.04. The lowest BCUT2D eigenvalue weighted by molar-refractivity contribution is 0.122. The van der Waals surface area contributed by atoms with Gasteiger partial charge in [0.05, 0.1) is 17.9 Å². The lowest BCUT2D eigenvalue weighted by Gasteiger charge is -2.35. The average Bonchev–Trinajstić information content (AvgIpc) is 2.79. The van der Waals surface area contributed by atoms with E-state index in [1.807, 2.05) is 32.9 Å². The van der Waals surface area contributed by atoms with Gasteiger partial charge in [-0.2, -0.15) is 0 Å². The van der Waals surface area contributed by atoms with Gasteiger partial charge in [0.15, 0.2) is 17.5 Å². The number of pyridine rings is 1. The van der Waals surface area contributed by atoms with Crippen LogP contribution in [0.15, 0.2) is 24.4 Å². The number of nitrogens with one attached hydrogen (secondary N) is 2. The van der Waals surface area contributed by atoms with Gasteiger partial charge in [-0.3, -0.25) is 4.90 Å². The molecule has 3 aromatic rings. The molecule has 0 spiro atoms. The summed E-state index contributed by atoms with van der Waals surface area (Å²) in [5, 5.41) is 35.4. The summed E-state index contributed by atoms with van der Waals surface area (Å²) in [4.78, 5) is 18.0. The average molecular weight is 468 g/mol. The van der Waals surface area contributed by atoms with Gasteiger partial charge in [-0.15, -0.1) is 10.2 Å². The Hall–Kier alpha value is -3.15. The fraction of sp³-hybridized carbons (Fsp3) is 0.522. The Labute approximate surface area is 199 Å². The number of β-amino-alcohol motifs (C(OH)–C–C–N with tert-alkyl or cyclic N) is 1. The number of fused-ring (bicyclic) bond motifs is 1. The fourth-order valence-corrected chi connectivity index (χ4v) is 3.92. The van der Waals surface area contributed by atoms with Crippen LogP contribution in [0.3, 0.4) is 0 Å². The maximum absolute atomic E-state index is 9.98. The zero-order chi connectivity index (χ0) is 24.2. The molecule has 0 aromatic carbocycles. The normalized spacial score (nSPS) is 16.6. The number of aliphatic hydroxyl groups is 2. The number of hydrogen-bond acceptors (Lipinski definition) is 11. The van der Waals surface area contributed by atoms with Gasteiger partial charge in [-0.05, 0) is 45.9 Å². The molecule has 34 heavy (non-hydrogen) atoms. The monoisotopic (exact) mass is 467 g/mol. The molecule has 1 saturated heterocycles. The van der Waals surface area contributed by atoms with Crippen molar-refractivity contribution in [3.63, 3.8) is 0 Å². The van der Waals surface area contributed by atoms with Gasteiger partial charge in [0.25, 0.3) is 0 Å². The van der Waals surface area contributed by atoms with E-state index < -0.39 is 6.10 Å². The molecule has 1 aliphatic heterocycles. The van der Waals surface area contributed by atoms with Crippen molar-refractivity contribution in [1.82, 2.24) is 30.0 Å². The summed E-state index contributed by atoms with van der Waals surface area (Å²) in [6.07, 6.45) is 0.699. The van der Waals surface area contributed by atoms with E-state index in [2.05, 4.69) is 45.6 Å². The molecular weight excluding hydrogens is 434 g/mol. The number of aromatic nitrogens is 5. The van der Waals surface area contributed by atoms with Crippen LogP contribution in [-0.2, 0) is 0 Å². The third-order valence-corrected chi connectivity index (χ3v) is 5.55. The predicted molar refractivity (Wildman–Crippen MR) is 132 cm³/mol. The van der Waals surface area contributed by atoms with Crippen molar-refractivity contribution in [3.05, 3.63) is 30.1 Å². The van der Waals surface area contributed by atoms with Crippen molar-refractivity contribution in [3.8, 4) is 0 Å². The van der Waals surface area contributed by atoms with E-state index in [1.54, 1.807) is 19.2 Å². The summed E-state index contributed by atoms with van der Waals surface area (Å²) in [5.41, 5.74) is 1.23. The number of piperazine rings is 1. The summed E-state index contributed by atoms with van der Waals surface area (Å²) >= 11 is 0. The summed E-state index contributed by atoms with van der Waals surface area (Å²) in [6, 6.07) is 5.74. The Balaban J connectivity index is 1.47. The molecule has 0 aliphatic carbocycles. The van der Waals surface area contributed by atoms with Crippen LogP contribution in [0.2, 0.25) is 0 Å². The third-order valence-electron chi connectivity index (χ3n) is 5.55. The van der Waals surface area contributed by atoms with Crippen LogP contribution in [0.25, 0.3) is 10.9 Å². The molecule has 182 valence electrons. The number of nitrogens with zero attached hydrogens (tertiary/aromatic N) is 7. The Morgan fingerprint density at radius 1 is 1.00 bits per heavy atom. The van der Waals surface area contributed by atoms with Crippen molar-refractivity contribution in [1.29, 1.82) is 0 Å². The molecule has 11 nitrogen and oxygen atoms in total. The molecule has 1 aliphatic rings. The highest BCUT2D eigenvalue weighted by molar-refractivity contribution is 5.89. The van der Waals surface area contributed by atoms with Gasteiger partial charge in [-0.1, -0.05) is 0 Å². The first-order chi connectivity index (χ1) is 16.3. The van der Waals surface area contributed by atoms with Gasteiger partial charge < -0.3 is 25.7 Å². The zero-order valence-electron chi connectivity index (χ0n) is 20.1. The van der Waals surface area contributed by atoms with Crippen LogP contribution in [0.1, 0.15) is 39.5 Å². The van der Waals surface area contributed by atoms with E-state index in [0.29, 0.717) is 35.3 Å². The minimum atomic E-state index is -0.690. The maximum Gasteiger partial charge on any atom is 0.229 e. The first kappa shape index (κ1) is 24.0. The van der Waals surface area contributed by atoms with E-state index in [1.165, 1.54) is 0 Å². The zero-order valence-corrected chi connectivity index (χ0v) is 20.1. The molecule has 11 heteroatoms. The maximum atomic E-state index is 9.98. The van der Waals surface area contributed by atoms with Gasteiger partial charge in [0.2, 0.25) is 5.95 Å². The molecule has 0 bridgehead atoms. The van der Waals surface area contributed by atoms with Crippen LogP contribution in [0.5, 0.6) is 0 Å². The van der Waals surface area contributed by atoms with E-state index in [-0.39, 0.29) is 12.1 Å². The molecule has 2 atom stereocenters. The second kappa shape index (κ2) is 10.4. The molecule has 0 radical (unpaired) electrons. The molecule has 0 amide bonds. The predicted octanol–water partition coefficient (Wildman–Crippen LogP) is 1.93. The van der Waals surface area contributed by atoms with E-state index in [9.17, 15) is 10.2 Å². The van der Waals surface area contributed by atoms with Crippen LogP contribution in [0.4, 0.5) is 23.4 Å². The third kappa shape index (κ3) is 5.85. The first-order valence-corrected chi connectivity index (χ1v) is 11.7. The van der Waals surface area contributed by atoms with Crippen molar-refractivity contribution in [2.24, 2.45) is 0 Å². The SMILES string of the molecule is CC(C)Nc1nc([C@@H](C)O)cc2cnc(Nc3ccc(N4CCN(C[C@H](C)O)CC4)nn3)nc12. The van der Waals surface area contributed by atoms with Gasteiger partial charge >= 0.3 is 0 Å². The Morgan fingerprint density at radius 3 is 2.38 bits per heavy atom. The second-order valence-corrected chi connectivity index (χ2v) is 9.04. The van der Waals surface area contributed by atoms with Crippen LogP contribution < -0.4 is 15.5 Å². The number of aliphatic hydroxyl groups excluding tert-OH is 2. The van der Waals surface area contributed by atoms with Gasteiger partial charge in [0.1, 0.15) is 5.52 Å². The first-order valence-electron chi connectivity index (χ1n) is 11.7. The lowest BCUT2D eigenvalue weighted by atomic mass is 10.2. The standard InChI is InChI=1S/C23H33N9O2/c1-14(2)25-22-21-17(11-18(26-22)16(4)34)12-24-23(28-21)27-19-5-6-20(30-29-19)32-9-7-31(8-10-32)13-15(3)33/h5-6,11-12,14-16,33-34H,7-10,13H2,1-4H3,(H,25,26)(H,24,27,28,29)/t15-,16+/m0/s1. The quantitative estimate of drug-likeness (QED) is 0.387. The van der Waals surface area contributed by atoms with Crippen LogP contribution in [0, 0.1) is 0 Å². The largest absolute Gasteiger partial charge is 0.392 e. The van der Waals surface area contributed by atoms with Crippen LogP contribution >= 0.6 is 0 Å². The van der Waals surface area contributed by atoms with Gasteiger partial charge in [-0.25, -0.2) is 15.0 Å². The Bertz CT molecular complexity index is 1100. The molecule has 3 aromatic heterocycles. The highest BCUT2D eigenvalue weighted by Crippen LogP contribution is 2.25. The molecule has 0 unspecified atom stereocenters. The Morgan fingerprint density at radius 2 is 1.76 bits per heavy atom. The molecule has 4 rings (SSSR count). The van der Waals surface area contributed by atoms with Crippen LogP contribution in [-0.4, -0.2) is 85.1 Å². The summed E-state index contributed by atoms with van der Waals surface area (Å²) in [7, 11) is 0. The van der Waals surface area contributed by atoms with Crippen molar-refractivity contribution in [2.45, 2.75) is 45.9 Å². The Kier molecular flexibility index (Phi) is 7.35. The summed E-state index contributed by atoms with van der Waals surface area (Å²) in [5.74, 6) is 2.35. The smallest absolute Gasteiger partial charge is 0.229 e. The fourth-order valence-electron chi connectivity index (χ4n) is 3.92. The van der Waals surface area contributed by atoms with E-state index >= 15 is 0 Å². The van der Waals surface area contributed by atoms with E-state index in [0.717, 1.165) is 37.4 Å². The van der Waals surface area contributed by atoms with Crippen molar-refractivity contribution in [2.75, 3.05) is 48.3 Å². The molecule has 0 saturated carbocycles. The number of rotatable bonds is 8. The van der Waals surface area contributed by atoms with Crippen molar-refractivity contribution >= 4 is 34.3 Å². The number of hydrogen-bond donors (Lipinski definition) is 4. The highest BCUT2D eigenvalue weighted by atomic mass is 16.3. The van der Waals surface area contributed by atoms with E-state index in [4.69, 9.17) is 0 Å². The van der Waals surface area contributed by atoms with Crippen molar-refractivity contribution < 1.29 is 10.2 Å². The topological polar surface area (TPSA) is 135 Å². The highest BCUT2D eigenvalue weighted by Gasteiger charge is 2.19. The molecule has 4 N–H and O–H groups in total. The van der Waals surface area contributed by atoms with Gasteiger partial charge in [0, 0.05) is 50.3 Å². The lowest BCUT2D eigenvalue weighted by Crippen LogP contribution is -2.48. The number of anilines is 4. The molecular formula is C23H33N9O2. The molecule has 1 fully saturated rings. The summed E-state index contributed by atoms with van der Waals surface area (Å²) in [6.45, 7) is 11.7. The molecule has 4 heterocycles.